The number of phenolic OH excluding ortho intramolecular Hbond substituents is 1. The molecule has 146 valence electrons. The fraction of sp³-hybridized carbons (Fsp3) is 0.0476. The second kappa shape index (κ2) is 7.50. The van der Waals surface area contributed by atoms with Gasteiger partial charge in [0.1, 0.15) is 11.3 Å². The Morgan fingerprint density at radius 3 is 2.34 bits per heavy atom. The number of fused-ring (bicyclic) bond motifs is 1. The lowest BCUT2D eigenvalue weighted by Gasteiger charge is -2.22. The first-order valence-corrected chi connectivity index (χ1v) is 10.3. The molecular formula is C21H18N4O3S. The van der Waals surface area contributed by atoms with Crippen LogP contribution in [0.3, 0.4) is 0 Å². The second-order valence-electron chi connectivity index (χ2n) is 6.51. The lowest BCUT2D eigenvalue weighted by Crippen LogP contribution is -2.14. The SMILES string of the molecule is NS(=O)(=O)c1ccc(NC(c2ccncc2)c2ccc3cccnc3c2O)cc1. The van der Waals surface area contributed by atoms with E-state index in [2.05, 4.69) is 15.3 Å². The smallest absolute Gasteiger partial charge is 0.238 e. The fourth-order valence-corrected chi connectivity index (χ4v) is 3.70. The van der Waals surface area contributed by atoms with Crippen molar-refractivity contribution >= 4 is 26.6 Å². The van der Waals surface area contributed by atoms with Crippen LogP contribution in [0.1, 0.15) is 17.2 Å². The van der Waals surface area contributed by atoms with Crippen LogP contribution >= 0.6 is 0 Å². The number of hydrogen-bond donors (Lipinski definition) is 3. The quantitative estimate of drug-likeness (QED) is 0.468. The van der Waals surface area contributed by atoms with Gasteiger partial charge < -0.3 is 10.4 Å². The largest absolute Gasteiger partial charge is 0.505 e. The zero-order valence-corrected chi connectivity index (χ0v) is 16.0. The van der Waals surface area contributed by atoms with Gasteiger partial charge in [-0.2, -0.15) is 0 Å². The number of sulfonamides is 1. The van der Waals surface area contributed by atoms with Crippen molar-refractivity contribution in [2.45, 2.75) is 10.9 Å². The minimum atomic E-state index is -3.77. The van der Waals surface area contributed by atoms with Gasteiger partial charge >= 0.3 is 0 Å². The standard InChI is InChI=1S/C21H18N4O3S/c22-29(27,28)17-6-4-16(5-7-17)25-19(15-9-12-23-13-10-15)18-8-3-14-2-1-11-24-20(14)21(18)26/h1-13,19,25-26H,(H2,22,27,28). The number of phenols is 1. The van der Waals surface area contributed by atoms with Crippen LogP contribution in [0.25, 0.3) is 10.9 Å². The maximum absolute atomic E-state index is 11.5. The van der Waals surface area contributed by atoms with Gasteiger partial charge in [0.25, 0.3) is 0 Å². The molecule has 0 saturated heterocycles. The Hall–Kier alpha value is -3.49. The minimum absolute atomic E-state index is 0.0289. The van der Waals surface area contributed by atoms with Crippen molar-refractivity contribution in [3.8, 4) is 5.75 Å². The van der Waals surface area contributed by atoms with Crippen LogP contribution < -0.4 is 10.5 Å². The van der Waals surface area contributed by atoms with Crippen LogP contribution in [0.15, 0.2) is 84.1 Å². The highest BCUT2D eigenvalue weighted by Gasteiger charge is 2.20. The molecule has 2 heterocycles. The van der Waals surface area contributed by atoms with E-state index in [-0.39, 0.29) is 10.6 Å². The third-order valence-corrected chi connectivity index (χ3v) is 5.55. The monoisotopic (exact) mass is 406 g/mol. The first-order chi connectivity index (χ1) is 13.9. The van der Waals surface area contributed by atoms with Crippen LogP contribution in [-0.4, -0.2) is 23.5 Å². The van der Waals surface area contributed by atoms with Crippen molar-refractivity contribution in [1.82, 2.24) is 9.97 Å². The van der Waals surface area contributed by atoms with Crippen LogP contribution in [0, 0.1) is 0 Å². The average Bonchev–Trinajstić information content (AvgIpc) is 2.73. The molecule has 4 aromatic rings. The number of benzene rings is 2. The summed E-state index contributed by atoms with van der Waals surface area (Å²) in [5.41, 5.74) is 2.69. The Morgan fingerprint density at radius 1 is 0.931 bits per heavy atom. The summed E-state index contributed by atoms with van der Waals surface area (Å²) in [5.74, 6) is 0.0820. The van der Waals surface area contributed by atoms with Crippen LogP contribution in [0.4, 0.5) is 5.69 Å². The highest BCUT2D eigenvalue weighted by atomic mass is 32.2. The number of aromatic nitrogens is 2. The van der Waals surface area contributed by atoms with E-state index >= 15 is 0 Å². The molecule has 0 amide bonds. The zero-order valence-electron chi connectivity index (χ0n) is 15.2. The Morgan fingerprint density at radius 2 is 1.66 bits per heavy atom. The molecular weight excluding hydrogens is 388 g/mol. The first-order valence-electron chi connectivity index (χ1n) is 8.79. The van der Waals surface area contributed by atoms with Gasteiger partial charge in [0, 0.05) is 35.2 Å². The third-order valence-electron chi connectivity index (χ3n) is 4.62. The van der Waals surface area contributed by atoms with Crippen LogP contribution in [-0.2, 0) is 10.0 Å². The van der Waals surface area contributed by atoms with E-state index in [0.717, 1.165) is 10.9 Å². The van der Waals surface area contributed by atoms with Gasteiger partial charge in [-0.3, -0.25) is 9.97 Å². The van der Waals surface area contributed by atoms with Gasteiger partial charge in [0.15, 0.2) is 0 Å². The molecule has 4 N–H and O–H groups in total. The molecule has 0 spiro atoms. The molecule has 0 aliphatic rings. The molecule has 2 aromatic heterocycles. The van der Waals surface area contributed by atoms with E-state index in [1.54, 1.807) is 30.7 Å². The number of hydrogen-bond acceptors (Lipinski definition) is 6. The summed E-state index contributed by atoms with van der Waals surface area (Å²) >= 11 is 0. The molecule has 0 bridgehead atoms. The highest BCUT2D eigenvalue weighted by Crippen LogP contribution is 2.36. The van der Waals surface area contributed by atoms with Crippen molar-refractivity contribution in [2.75, 3.05) is 5.32 Å². The fourth-order valence-electron chi connectivity index (χ4n) is 3.18. The second-order valence-corrected chi connectivity index (χ2v) is 8.07. The topological polar surface area (TPSA) is 118 Å². The number of nitrogens with two attached hydrogens (primary N) is 1. The summed E-state index contributed by atoms with van der Waals surface area (Å²) in [6.07, 6.45) is 4.97. The van der Waals surface area contributed by atoms with Crippen molar-refractivity contribution in [1.29, 1.82) is 0 Å². The lowest BCUT2D eigenvalue weighted by molar-refractivity contribution is 0.471. The molecule has 2 aromatic carbocycles. The average molecular weight is 406 g/mol. The molecule has 0 fully saturated rings. The van der Waals surface area contributed by atoms with Crippen LogP contribution in [0.5, 0.6) is 5.75 Å². The summed E-state index contributed by atoms with van der Waals surface area (Å²) in [7, 11) is -3.77. The molecule has 0 aliphatic heterocycles. The van der Waals surface area contributed by atoms with E-state index in [1.807, 2.05) is 36.4 Å². The van der Waals surface area contributed by atoms with Gasteiger partial charge in [-0.25, -0.2) is 13.6 Å². The highest BCUT2D eigenvalue weighted by molar-refractivity contribution is 7.89. The van der Waals surface area contributed by atoms with E-state index in [0.29, 0.717) is 16.8 Å². The molecule has 29 heavy (non-hydrogen) atoms. The number of pyridine rings is 2. The Labute approximate surface area is 167 Å². The maximum Gasteiger partial charge on any atom is 0.238 e. The number of primary sulfonamides is 1. The number of anilines is 1. The minimum Gasteiger partial charge on any atom is -0.505 e. The van der Waals surface area contributed by atoms with Crippen molar-refractivity contribution in [2.24, 2.45) is 5.14 Å². The maximum atomic E-state index is 11.5. The van der Waals surface area contributed by atoms with E-state index in [4.69, 9.17) is 5.14 Å². The predicted molar refractivity (Wildman–Crippen MR) is 111 cm³/mol. The van der Waals surface area contributed by atoms with E-state index in [1.165, 1.54) is 12.1 Å². The molecule has 1 atom stereocenters. The summed E-state index contributed by atoms with van der Waals surface area (Å²) in [4.78, 5) is 8.38. The normalized spacial score (nSPS) is 12.6. The molecule has 1 unspecified atom stereocenters. The molecule has 8 heteroatoms. The Kier molecular flexibility index (Phi) is 4.87. The molecule has 7 nitrogen and oxygen atoms in total. The van der Waals surface area contributed by atoms with E-state index < -0.39 is 16.1 Å². The van der Waals surface area contributed by atoms with Crippen LogP contribution in [0.2, 0.25) is 0 Å². The number of nitrogens with one attached hydrogen (secondary N) is 1. The first kappa shape index (κ1) is 18.9. The molecule has 0 radical (unpaired) electrons. The summed E-state index contributed by atoms with van der Waals surface area (Å²) in [5, 5.41) is 20.2. The Bertz CT molecular complexity index is 1260. The Balaban J connectivity index is 1.78. The number of rotatable bonds is 5. The van der Waals surface area contributed by atoms with Gasteiger partial charge in [-0.1, -0.05) is 18.2 Å². The van der Waals surface area contributed by atoms with Gasteiger partial charge in [-0.15, -0.1) is 0 Å². The van der Waals surface area contributed by atoms with Gasteiger partial charge in [-0.05, 0) is 48.0 Å². The summed E-state index contributed by atoms with van der Waals surface area (Å²) in [6, 6.07) is 16.8. The van der Waals surface area contributed by atoms with Gasteiger partial charge in [0.05, 0.1) is 10.9 Å². The van der Waals surface area contributed by atoms with E-state index in [9.17, 15) is 13.5 Å². The van der Waals surface area contributed by atoms with Crippen molar-refractivity contribution in [3.05, 3.63) is 90.4 Å². The zero-order chi connectivity index (χ0) is 20.4. The van der Waals surface area contributed by atoms with Crippen molar-refractivity contribution < 1.29 is 13.5 Å². The lowest BCUT2D eigenvalue weighted by atomic mass is 9.96. The molecule has 4 rings (SSSR count). The summed E-state index contributed by atoms with van der Waals surface area (Å²) in [6.45, 7) is 0. The third kappa shape index (κ3) is 3.89. The number of nitrogens with zero attached hydrogens (tertiary/aromatic N) is 2. The predicted octanol–water partition coefficient (Wildman–Crippen LogP) is 3.18. The molecule has 0 saturated carbocycles. The van der Waals surface area contributed by atoms with Gasteiger partial charge in [0.2, 0.25) is 10.0 Å². The number of aromatic hydroxyl groups is 1. The molecule has 0 aliphatic carbocycles. The summed E-state index contributed by atoms with van der Waals surface area (Å²) < 4.78 is 23.0. The van der Waals surface area contributed by atoms with Crippen molar-refractivity contribution in [3.63, 3.8) is 0 Å².